The van der Waals surface area contributed by atoms with Crippen molar-refractivity contribution in [2.45, 2.75) is 56.5 Å². The molecule has 0 aliphatic carbocycles. The Kier molecular flexibility index (Phi) is 8.56. The van der Waals surface area contributed by atoms with E-state index in [1.165, 1.54) is 31.2 Å². The summed E-state index contributed by atoms with van der Waals surface area (Å²) in [6.07, 6.45) is 6.94. The number of ether oxygens (including phenoxy) is 1. The van der Waals surface area contributed by atoms with Crippen molar-refractivity contribution in [3.8, 4) is 0 Å². The summed E-state index contributed by atoms with van der Waals surface area (Å²) in [5, 5.41) is -0.0904. The molecule has 2 aromatic carbocycles. The van der Waals surface area contributed by atoms with Crippen molar-refractivity contribution < 1.29 is 9.53 Å². The first-order valence-corrected chi connectivity index (χ1v) is 12.0. The third-order valence-corrected chi connectivity index (χ3v) is 7.40. The standard InChI is InChI=1S/C24H28O2S2/c1-2-3-4-5-12-17-21-23(25)26-22(20-15-10-7-11-16-20)24(28-21)27-18-19-13-8-6-9-14-19/h6-11,13-16,21H,2-5,12,17-18H2,1H3. The van der Waals surface area contributed by atoms with Gasteiger partial charge in [0.1, 0.15) is 5.25 Å². The molecule has 148 valence electrons. The van der Waals surface area contributed by atoms with Gasteiger partial charge in [0.05, 0.1) is 4.24 Å². The van der Waals surface area contributed by atoms with E-state index in [2.05, 4.69) is 31.2 Å². The van der Waals surface area contributed by atoms with Crippen molar-refractivity contribution in [3.05, 3.63) is 76.0 Å². The molecule has 0 spiro atoms. The molecule has 0 N–H and O–H groups in total. The van der Waals surface area contributed by atoms with Crippen molar-refractivity contribution in [2.24, 2.45) is 0 Å². The van der Waals surface area contributed by atoms with Crippen LogP contribution in [0, 0.1) is 0 Å². The first-order chi connectivity index (χ1) is 13.8. The number of carbonyl (C=O) groups excluding carboxylic acids is 1. The molecule has 0 saturated carbocycles. The minimum Gasteiger partial charge on any atom is -0.423 e. The molecule has 0 saturated heterocycles. The zero-order valence-electron chi connectivity index (χ0n) is 16.4. The van der Waals surface area contributed by atoms with Gasteiger partial charge in [-0.15, -0.1) is 23.5 Å². The van der Waals surface area contributed by atoms with Crippen LogP contribution >= 0.6 is 23.5 Å². The van der Waals surface area contributed by atoms with Gasteiger partial charge >= 0.3 is 5.97 Å². The molecule has 2 nitrogen and oxygen atoms in total. The highest BCUT2D eigenvalue weighted by Crippen LogP contribution is 2.45. The molecular formula is C24H28O2S2. The van der Waals surface area contributed by atoms with Crippen LogP contribution in [0.4, 0.5) is 0 Å². The number of thioether (sulfide) groups is 2. The molecule has 1 aliphatic heterocycles. The number of unbranched alkanes of at least 4 members (excludes halogenated alkanes) is 4. The van der Waals surface area contributed by atoms with Gasteiger partial charge < -0.3 is 4.74 Å². The molecule has 0 fully saturated rings. The van der Waals surface area contributed by atoms with Crippen molar-refractivity contribution in [1.29, 1.82) is 0 Å². The SMILES string of the molecule is CCCCCCCC1SC(SCc2ccccc2)=C(c2ccccc2)OC1=O. The van der Waals surface area contributed by atoms with Crippen molar-refractivity contribution in [2.75, 3.05) is 0 Å². The van der Waals surface area contributed by atoms with Crippen molar-refractivity contribution in [3.63, 3.8) is 0 Å². The topological polar surface area (TPSA) is 26.3 Å². The number of hydrogen-bond acceptors (Lipinski definition) is 4. The zero-order chi connectivity index (χ0) is 19.6. The Morgan fingerprint density at radius 3 is 2.32 bits per heavy atom. The fourth-order valence-corrected chi connectivity index (χ4v) is 5.67. The molecule has 0 amide bonds. The summed E-state index contributed by atoms with van der Waals surface area (Å²) < 4.78 is 6.98. The molecular weight excluding hydrogens is 384 g/mol. The Hall–Kier alpha value is -1.65. The second kappa shape index (κ2) is 11.4. The lowest BCUT2D eigenvalue weighted by Gasteiger charge is -2.25. The Morgan fingerprint density at radius 1 is 0.929 bits per heavy atom. The summed E-state index contributed by atoms with van der Waals surface area (Å²) in [4.78, 5) is 12.6. The minimum atomic E-state index is -0.0941. The first-order valence-electron chi connectivity index (χ1n) is 10.1. The van der Waals surface area contributed by atoms with Crippen LogP contribution in [-0.4, -0.2) is 11.2 Å². The second-order valence-corrected chi connectivity index (χ2v) is 9.44. The predicted molar refractivity (Wildman–Crippen MR) is 122 cm³/mol. The highest BCUT2D eigenvalue weighted by molar-refractivity contribution is 8.22. The maximum absolute atomic E-state index is 12.6. The Bertz CT molecular complexity index is 772. The minimum absolute atomic E-state index is 0.0904. The van der Waals surface area contributed by atoms with E-state index in [-0.39, 0.29) is 11.2 Å². The maximum atomic E-state index is 12.6. The lowest BCUT2D eigenvalue weighted by atomic mass is 10.1. The van der Waals surface area contributed by atoms with Crippen LogP contribution in [-0.2, 0) is 15.3 Å². The van der Waals surface area contributed by atoms with E-state index < -0.39 is 0 Å². The van der Waals surface area contributed by atoms with E-state index in [0.29, 0.717) is 0 Å². The van der Waals surface area contributed by atoms with E-state index in [0.717, 1.165) is 34.2 Å². The number of hydrogen-bond donors (Lipinski definition) is 0. The van der Waals surface area contributed by atoms with Crippen molar-refractivity contribution >= 4 is 35.3 Å². The smallest absolute Gasteiger partial charge is 0.324 e. The van der Waals surface area contributed by atoms with Crippen LogP contribution < -0.4 is 0 Å². The molecule has 3 rings (SSSR count). The summed E-state index contributed by atoms with van der Waals surface area (Å²) in [5.41, 5.74) is 2.25. The maximum Gasteiger partial charge on any atom is 0.324 e. The van der Waals surface area contributed by atoms with Gasteiger partial charge in [-0.2, -0.15) is 0 Å². The van der Waals surface area contributed by atoms with E-state index in [1.54, 1.807) is 23.5 Å². The van der Waals surface area contributed by atoms with Gasteiger partial charge in [-0.25, -0.2) is 0 Å². The Balaban J connectivity index is 1.71. The zero-order valence-corrected chi connectivity index (χ0v) is 18.1. The normalized spacial score (nSPS) is 16.9. The van der Waals surface area contributed by atoms with Gasteiger partial charge in [-0.05, 0) is 12.0 Å². The fourth-order valence-electron chi connectivity index (χ4n) is 3.14. The Morgan fingerprint density at radius 2 is 1.61 bits per heavy atom. The molecule has 28 heavy (non-hydrogen) atoms. The number of cyclic esters (lactones) is 1. The second-order valence-electron chi connectivity index (χ2n) is 6.99. The number of esters is 1. The van der Waals surface area contributed by atoms with Gasteiger partial charge in [0.15, 0.2) is 5.76 Å². The molecule has 1 atom stereocenters. The number of carbonyl (C=O) groups is 1. The first kappa shape index (κ1) is 21.1. The third kappa shape index (κ3) is 6.18. The average molecular weight is 413 g/mol. The quantitative estimate of drug-likeness (QED) is 0.303. The molecule has 0 radical (unpaired) electrons. The molecule has 1 unspecified atom stereocenters. The summed E-state index contributed by atoms with van der Waals surface area (Å²) in [6.45, 7) is 2.22. The average Bonchev–Trinajstić information content (AvgIpc) is 2.74. The van der Waals surface area contributed by atoms with Crippen LogP contribution in [0.2, 0.25) is 0 Å². The van der Waals surface area contributed by atoms with Crippen molar-refractivity contribution in [1.82, 2.24) is 0 Å². The summed E-state index contributed by atoms with van der Waals surface area (Å²) >= 11 is 3.47. The van der Waals surface area contributed by atoms with Gasteiger partial charge in [0, 0.05) is 11.3 Å². The monoisotopic (exact) mass is 412 g/mol. The van der Waals surface area contributed by atoms with Gasteiger partial charge in [-0.1, -0.05) is 99.7 Å². The predicted octanol–water partition coefficient (Wildman–Crippen LogP) is 7.27. The molecule has 2 aromatic rings. The van der Waals surface area contributed by atoms with Crippen LogP contribution in [0.25, 0.3) is 5.76 Å². The molecule has 0 aromatic heterocycles. The highest BCUT2D eigenvalue weighted by Gasteiger charge is 2.31. The van der Waals surface area contributed by atoms with Crippen LogP contribution in [0.1, 0.15) is 56.6 Å². The van der Waals surface area contributed by atoms with Crippen LogP contribution in [0.15, 0.2) is 64.9 Å². The summed E-state index contributed by atoms with van der Waals surface area (Å²) in [6, 6.07) is 20.4. The lowest BCUT2D eigenvalue weighted by Crippen LogP contribution is -2.24. The van der Waals surface area contributed by atoms with Gasteiger partial charge in [0.25, 0.3) is 0 Å². The number of rotatable bonds is 10. The molecule has 0 bridgehead atoms. The highest BCUT2D eigenvalue weighted by atomic mass is 32.2. The molecule has 1 heterocycles. The largest absolute Gasteiger partial charge is 0.423 e. The lowest BCUT2D eigenvalue weighted by molar-refractivity contribution is -0.136. The van der Waals surface area contributed by atoms with Crippen LogP contribution in [0.3, 0.4) is 0 Å². The van der Waals surface area contributed by atoms with E-state index in [9.17, 15) is 4.79 Å². The van der Waals surface area contributed by atoms with Crippen LogP contribution in [0.5, 0.6) is 0 Å². The summed E-state index contributed by atoms with van der Waals surface area (Å²) in [7, 11) is 0. The molecule has 1 aliphatic rings. The van der Waals surface area contributed by atoms with Gasteiger partial charge in [0.2, 0.25) is 0 Å². The van der Waals surface area contributed by atoms with E-state index >= 15 is 0 Å². The number of benzene rings is 2. The van der Waals surface area contributed by atoms with E-state index in [1.807, 2.05) is 36.4 Å². The molecule has 4 heteroatoms. The third-order valence-electron chi connectivity index (χ3n) is 4.72. The van der Waals surface area contributed by atoms with Gasteiger partial charge in [-0.3, -0.25) is 4.79 Å². The summed E-state index contributed by atoms with van der Waals surface area (Å²) in [5.74, 6) is 1.50. The van der Waals surface area contributed by atoms with E-state index in [4.69, 9.17) is 4.74 Å². The Labute approximate surface area is 177 Å². The fraction of sp³-hybridized carbons (Fsp3) is 0.375.